The van der Waals surface area contributed by atoms with Crippen LogP contribution in [-0.2, 0) is 14.8 Å². The zero-order valence-corrected chi connectivity index (χ0v) is 13.3. The van der Waals surface area contributed by atoms with Crippen molar-refractivity contribution in [3.05, 3.63) is 24.3 Å². The van der Waals surface area contributed by atoms with Crippen molar-refractivity contribution < 1.29 is 26.7 Å². The number of hydrogen-bond donors (Lipinski definition) is 1. The molecule has 0 radical (unpaired) electrons. The van der Waals surface area contributed by atoms with E-state index in [4.69, 9.17) is 5.73 Å². The number of hydrogen-bond acceptors (Lipinski definition) is 4. The fourth-order valence-corrected chi connectivity index (χ4v) is 4.45. The third kappa shape index (κ3) is 3.78. The highest BCUT2D eigenvalue weighted by Gasteiger charge is 2.38. The molecule has 1 heterocycles. The number of carbonyl (C=O) groups is 1. The summed E-state index contributed by atoms with van der Waals surface area (Å²) in [4.78, 5) is 11.0. The van der Waals surface area contributed by atoms with Crippen LogP contribution in [0.5, 0.6) is 5.75 Å². The Balaban J connectivity index is 2.39. The van der Waals surface area contributed by atoms with Crippen molar-refractivity contribution in [1.29, 1.82) is 0 Å². The summed E-state index contributed by atoms with van der Waals surface area (Å²) in [6.45, 7) is -1.50. The number of nitrogens with two attached hydrogens (primary N) is 1. The molecule has 0 aromatic heterocycles. The van der Waals surface area contributed by atoms with Crippen LogP contribution in [0.15, 0.2) is 29.2 Å². The SMILES string of the molecule is CC1CCC(C(N)=O)CN1S(=O)(=O)c1ccccc1OC(F)F. The molecule has 6 nitrogen and oxygen atoms in total. The molecular formula is C14H18F2N2O4S. The first kappa shape index (κ1) is 17.6. The van der Waals surface area contributed by atoms with Crippen molar-refractivity contribution in [3.8, 4) is 5.75 Å². The van der Waals surface area contributed by atoms with Gasteiger partial charge in [0.1, 0.15) is 10.6 Å². The smallest absolute Gasteiger partial charge is 0.387 e. The van der Waals surface area contributed by atoms with Crippen molar-refractivity contribution in [2.45, 2.75) is 37.3 Å². The average Bonchev–Trinajstić information content (AvgIpc) is 2.47. The maximum absolute atomic E-state index is 12.8. The van der Waals surface area contributed by atoms with Gasteiger partial charge in [-0.2, -0.15) is 13.1 Å². The molecule has 0 bridgehead atoms. The number of halogens is 2. The quantitative estimate of drug-likeness (QED) is 0.874. The molecular weight excluding hydrogens is 330 g/mol. The lowest BCUT2D eigenvalue weighted by Crippen LogP contribution is -2.48. The van der Waals surface area contributed by atoms with Crippen LogP contribution in [0.4, 0.5) is 8.78 Å². The van der Waals surface area contributed by atoms with Gasteiger partial charge in [-0.15, -0.1) is 0 Å². The Hall–Kier alpha value is -1.74. The number of benzene rings is 1. The van der Waals surface area contributed by atoms with Gasteiger partial charge < -0.3 is 10.5 Å². The number of primary amides is 1. The summed E-state index contributed by atoms with van der Waals surface area (Å²) in [6, 6.07) is 4.83. The molecule has 1 saturated heterocycles. The van der Waals surface area contributed by atoms with Gasteiger partial charge in [-0.05, 0) is 31.9 Å². The summed E-state index contributed by atoms with van der Waals surface area (Å²) in [5, 5.41) is 0. The Morgan fingerprint density at radius 2 is 2.00 bits per heavy atom. The summed E-state index contributed by atoms with van der Waals surface area (Å²) in [5.74, 6) is -1.59. The highest BCUT2D eigenvalue weighted by molar-refractivity contribution is 7.89. The van der Waals surface area contributed by atoms with E-state index in [9.17, 15) is 22.0 Å². The fraction of sp³-hybridized carbons (Fsp3) is 0.500. The Bertz CT molecular complexity index is 681. The van der Waals surface area contributed by atoms with E-state index in [1.165, 1.54) is 24.3 Å². The number of para-hydroxylation sites is 1. The van der Waals surface area contributed by atoms with Gasteiger partial charge in [-0.3, -0.25) is 4.79 Å². The van der Waals surface area contributed by atoms with E-state index in [2.05, 4.69) is 4.74 Å². The summed E-state index contributed by atoms with van der Waals surface area (Å²) < 4.78 is 56.0. The van der Waals surface area contributed by atoms with Crippen LogP contribution >= 0.6 is 0 Å². The van der Waals surface area contributed by atoms with Gasteiger partial charge in [0.15, 0.2) is 0 Å². The average molecular weight is 348 g/mol. The Morgan fingerprint density at radius 1 is 1.35 bits per heavy atom. The molecule has 1 aliphatic heterocycles. The maximum Gasteiger partial charge on any atom is 0.387 e. The summed E-state index contributed by atoms with van der Waals surface area (Å²) >= 11 is 0. The monoisotopic (exact) mass is 348 g/mol. The lowest BCUT2D eigenvalue weighted by atomic mass is 9.95. The third-order valence-corrected chi connectivity index (χ3v) is 5.90. The molecule has 1 aromatic carbocycles. The Kier molecular flexibility index (Phi) is 5.20. The van der Waals surface area contributed by atoms with Gasteiger partial charge in [0.25, 0.3) is 0 Å². The molecule has 2 N–H and O–H groups in total. The van der Waals surface area contributed by atoms with Crippen LogP contribution in [0.25, 0.3) is 0 Å². The second-order valence-electron chi connectivity index (χ2n) is 5.43. The summed E-state index contributed by atoms with van der Waals surface area (Å²) in [6.07, 6.45) is 0.961. The Labute approximate surface area is 133 Å². The van der Waals surface area contributed by atoms with E-state index in [0.717, 1.165) is 4.31 Å². The molecule has 2 rings (SSSR count). The van der Waals surface area contributed by atoms with Crippen LogP contribution in [-0.4, -0.2) is 37.8 Å². The molecule has 2 atom stereocenters. The number of piperidine rings is 1. The number of nitrogens with zero attached hydrogens (tertiary/aromatic N) is 1. The normalized spacial score (nSPS) is 23.0. The van der Waals surface area contributed by atoms with Gasteiger partial charge in [-0.25, -0.2) is 8.42 Å². The van der Waals surface area contributed by atoms with Crippen LogP contribution in [0, 0.1) is 5.92 Å². The van der Waals surface area contributed by atoms with Crippen LogP contribution in [0.2, 0.25) is 0 Å². The van der Waals surface area contributed by atoms with Crippen LogP contribution in [0.3, 0.4) is 0 Å². The number of amides is 1. The highest BCUT2D eigenvalue weighted by Crippen LogP contribution is 2.32. The van der Waals surface area contributed by atoms with Crippen molar-refractivity contribution in [1.82, 2.24) is 4.31 Å². The molecule has 0 aliphatic carbocycles. The second kappa shape index (κ2) is 6.79. The van der Waals surface area contributed by atoms with E-state index < -0.39 is 34.2 Å². The van der Waals surface area contributed by atoms with Crippen molar-refractivity contribution in [2.75, 3.05) is 6.54 Å². The molecule has 2 unspecified atom stereocenters. The van der Waals surface area contributed by atoms with Gasteiger partial charge in [-0.1, -0.05) is 12.1 Å². The lowest BCUT2D eigenvalue weighted by molar-refractivity contribution is -0.123. The minimum Gasteiger partial charge on any atom is -0.433 e. The summed E-state index contributed by atoms with van der Waals surface area (Å²) in [7, 11) is -4.09. The molecule has 1 amide bonds. The molecule has 1 fully saturated rings. The van der Waals surface area contributed by atoms with Crippen LogP contribution < -0.4 is 10.5 Å². The molecule has 1 aliphatic rings. The number of carbonyl (C=O) groups excluding carboxylic acids is 1. The van der Waals surface area contributed by atoms with Gasteiger partial charge in [0, 0.05) is 12.6 Å². The van der Waals surface area contributed by atoms with Crippen LogP contribution in [0.1, 0.15) is 19.8 Å². The molecule has 9 heteroatoms. The van der Waals surface area contributed by atoms with E-state index in [-0.39, 0.29) is 17.5 Å². The molecule has 128 valence electrons. The fourth-order valence-electron chi connectivity index (χ4n) is 2.63. The first-order valence-corrected chi connectivity index (χ1v) is 8.52. The Morgan fingerprint density at radius 3 is 2.61 bits per heavy atom. The second-order valence-corrected chi connectivity index (χ2v) is 7.28. The molecule has 23 heavy (non-hydrogen) atoms. The minimum absolute atomic E-state index is 0.0676. The zero-order valence-electron chi connectivity index (χ0n) is 12.5. The van der Waals surface area contributed by atoms with Gasteiger partial charge in [0.2, 0.25) is 15.9 Å². The van der Waals surface area contributed by atoms with E-state index >= 15 is 0 Å². The number of rotatable bonds is 5. The molecule has 1 aromatic rings. The minimum atomic E-state index is -4.09. The third-order valence-electron chi connectivity index (χ3n) is 3.88. The van der Waals surface area contributed by atoms with Crippen molar-refractivity contribution in [2.24, 2.45) is 11.7 Å². The number of alkyl halides is 2. The van der Waals surface area contributed by atoms with Crippen molar-refractivity contribution in [3.63, 3.8) is 0 Å². The predicted octanol–water partition coefficient (Wildman–Crippen LogP) is 1.56. The highest BCUT2D eigenvalue weighted by atomic mass is 32.2. The van der Waals surface area contributed by atoms with E-state index in [0.29, 0.717) is 12.8 Å². The summed E-state index contributed by atoms with van der Waals surface area (Å²) in [5.41, 5.74) is 5.27. The van der Waals surface area contributed by atoms with E-state index in [1.807, 2.05) is 0 Å². The zero-order chi connectivity index (χ0) is 17.2. The standard InChI is InChI=1S/C14H18F2N2O4S/c1-9-6-7-10(13(17)19)8-18(9)23(20,21)12-5-3-2-4-11(12)22-14(15)16/h2-5,9-10,14H,6-8H2,1H3,(H2,17,19). The lowest BCUT2D eigenvalue weighted by Gasteiger charge is -2.36. The van der Waals surface area contributed by atoms with Gasteiger partial charge in [0.05, 0.1) is 5.92 Å². The molecule has 0 spiro atoms. The van der Waals surface area contributed by atoms with Crippen molar-refractivity contribution >= 4 is 15.9 Å². The number of sulfonamides is 1. The topological polar surface area (TPSA) is 89.7 Å². The number of ether oxygens (including phenoxy) is 1. The first-order chi connectivity index (χ1) is 10.7. The van der Waals surface area contributed by atoms with E-state index in [1.54, 1.807) is 6.92 Å². The van der Waals surface area contributed by atoms with Gasteiger partial charge >= 0.3 is 6.61 Å². The maximum atomic E-state index is 12.8. The predicted molar refractivity (Wildman–Crippen MR) is 78.3 cm³/mol. The first-order valence-electron chi connectivity index (χ1n) is 7.08. The molecule has 0 saturated carbocycles. The largest absolute Gasteiger partial charge is 0.433 e.